The summed E-state index contributed by atoms with van der Waals surface area (Å²) in [5.41, 5.74) is 2.11. The lowest BCUT2D eigenvalue weighted by Crippen LogP contribution is -2.27. The number of nitrogens with zero attached hydrogens (tertiary/aromatic N) is 1. The molecule has 28 heavy (non-hydrogen) atoms. The molecule has 1 aliphatic heterocycles. The third-order valence-electron chi connectivity index (χ3n) is 3.94. The summed E-state index contributed by atoms with van der Waals surface area (Å²) >= 11 is 6.63. The predicted octanol–water partition coefficient (Wildman–Crippen LogP) is 4.07. The Kier molecular flexibility index (Phi) is 6.01. The van der Waals surface area contributed by atoms with Crippen molar-refractivity contribution in [3.05, 3.63) is 52.9 Å². The van der Waals surface area contributed by atoms with Crippen molar-refractivity contribution in [1.29, 1.82) is 0 Å². The SMILES string of the molecule is COc1ccc(C=C2SC(=S)N(c3ccc(NC(C)=O)cc3)C2=O)cc1OC. The normalized spacial score (nSPS) is 15.1. The van der Waals surface area contributed by atoms with Gasteiger partial charge in [0.1, 0.15) is 0 Å². The van der Waals surface area contributed by atoms with Crippen LogP contribution < -0.4 is 19.7 Å². The Bertz CT molecular complexity index is 971. The van der Waals surface area contributed by atoms with Gasteiger partial charge in [-0.1, -0.05) is 30.0 Å². The van der Waals surface area contributed by atoms with Gasteiger partial charge in [0.05, 0.1) is 24.8 Å². The number of methoxy groups -OCH3 is 2. The van der Waals surface area contributed by atoms with E-state index in [1.165, 1.54) is 23.6 Å². The van der Waals surface area contributed by atoms with Gasteiger partial charge in [0.25, 0.3) is 5.91 Å². The first-order valence-corrected chi connectivity index (χ1v) is 9.53. The van der Waals surface area contributed by atoms with Crippen molar-refractivity contribution in [2.75, 3.05) is 24.4 Å². The fourth-order valence-corrected chi connectivity index (χ4v) is 3.98. The largest absolute Gasteiger partial charge is 0.493 e. The highest BCUT2D eigenvalue weighted by Gasteiger charge is 2.33. The van der Waals surface area contributed by atoms with E-state index in [4.69, 9.17) is 21.7 Å². The van der Waals surface area contributed by atoms with Gasteiger partial charge < -0.3 is 14.8 Å². The summed E-state index contributed by atoms with van der Waals surface area (Å²) < 4.78 is 11.0. The molecule has 1 heterocycles. The van der Waals surface area contributed by atoms with Crippen LogP contribution in [0.1, 0.15) is 12.5 Å². The quantitative estimate of drug-likeness (QED) is 0.588. The maximum absolute atomic E-state index is 12.9. The third kappa shape index (κ3) is 4.18. The van der Waals surface area contributed by atoms with Gasteiger partial charge in [0.15, 0.2) is 15.8 Å². The minimum Gasteiger partial charge on any atom is -0.493 e. The van der Waals surface area contributed by atoms with Gasteiger partial charge in [-0.15, -0.1) is 0 Å². The van der Waals surface area contributed by atoms with Crippen LogP contribution in [0.5, 0.6) is 11.5 Å². The van der Waals surface area contributed by atoms with E-state index in [1.54, 1.807) is 56.7 Å². The Labute approximate surface area is 172 Å². The van der Waals surface area contributed by atoms with Crippen LogP contribution in [0.15, 0.2) is 47.4 Å². The average molecular weight is 415 g/mol. The van der Waals surface area contributed by atoms with Crippen LogP contribution in [0, 0.1) is 0 Å². The molecule has 0 atom stereocenters. The number of nitrogens with one attached hydrogen (secondary N) is 1. The Morgan fingerprint density at radius 2 is 1.79 bits per heavy atom. The van der Waals surface area contributed by atoms with Crippen LogP contribution in [-0.2, 0) is 9.59 Å². The molecule has 1 fully saturated rings. The summed E-state index contributed by atoms with van der Waals surface area (Å²) in [7, 11) is 3.13. The molecule has 2 aromatic rings. The van der Waals surface area contributed by atoms with Crippen molar-refractivity contribution in [3.63, 3.8) is 0 Å². The highest BCUT2D eigenvalue weighted by molar-refractivity contribution is 8.27. The average Bonchev–Trinajstić information content (AvgIpc) is 2.95. The number of rotatable bonds is 5. The van der Waals surface area contributed by atoms with E-state index in [0.29, 0.717) is 32.1 Å². The minimum absolute atomic E-state index is 0.156. The van der Waals surface area contributed by atoms with E-state index in [2.05, 4.69) is 5.32 Å². The lowest BCUT2D eigenvalue weighted by molar-refractivity contribution is -0.114. The zero-order valence-corrected chi connectivity index (χ0v) is 17.1. The van der Waals surface area contributed by atoms with Crippen LogP contribution in [0.2, 0.25) is 0 Å². The van der Waals surface area contributed by atoms with Crippen LogP contribution in [-0.4, -0.2) is 30.4 Å². The number of thioether (sulfide) groups is 1. The van der Waals surface area contributed by atoms with Gasteiger partial charge in [-0.05, 0) is 48.0 Å². The Morgan fingerprint density at radius 3 is 2.39 bits per heavy atom. The molecule has 6 nitrogen and oxygen atoms in total. The highest BCUT2D eigenvalue weighted by Crippen LogP contribution is 2.37. The van der Waals surface area contributed by atoms with Gasteiger partial charge in [0.2, 0.25) is 5.91 Å². The molecule has 0 radical (unpaired) electrons. The second kappa shape index (κ2) is 8.45. The van der Waals surface area contributed by atoms with Crippen LogP contribution >= 0.6 is 24.0 Å². The van der Waals surface area contributed by atoms with Crippen molar-refractivity contribution in [2.24, 2.45) is 0 Å². The van der Waals surface area contributed by atoms with E-state index in [-0.39, 0.29) is 11.8 Å². The van der Waals surface area contributed by atoms with Gasteiger partial charge in [-0.25, -0.2) is 0 Å². The fourth-order valence-electron chi connectivity index (χ4n) is 2.68. The number of benzene rings is 2. The number of hydrogen-bond donors (Lipinski definition) is 1. The predicted molar refractivity (Wildman–Crippen MR) is 116 cm³/mol. The molecule has 0 spiro atoms. The zero-order chi connectivity index (χ0) is 20.3. The smallest absolute Gasteiger partial charge is 0.270 e. The van der Waals surface area contributed by atoms with Gasteiger partial charge in [-0.2, -0.15) is 0 Å². The summed E-state index contributed by atoms with van der Waals surface area (Å²) in [6.07, 6.45) is 1.77. The standard InChI is InChI=1S/C20H18N2O4S2/c1-12(23)21-14-5-7-15(8-6-14)22-19(24)18(28-20(22)27)11-13-4-9-16(25-2)17(10-13)26-3/h4-11H,1-3H3,(H,21,23). The third-order valence-corrected chi connectivity index (χ3v) is 5.25. The molecule has 2 aromatic carbocycles. The number of thiocarbonyl (C=S) groups is 1. The highest BCUT2D eigenvalue weighted by atomic mass is 32.2. The molecule has 0 bridgehead atoms. The minimum atomic E-state index is -0.197. The molecular formula is C20H18N2O4S2. The molecule has 1 N–H and O–H groups in total. The van der Waals surface area contributed by atoms with Crippen LogP contribution in [0.4, 0.5) is 11.4 Å². The van der Waals surface area contributed by atoms with Crippen molar-refractivity contribution in [2.45, 2.75) is 6.92 Å². The van der Waals surface area contributed by atoms with Crippen LogP contribution in [0.25, 0.3) is 6.08 Å². The summed E-state index contributed by atoms with van der Waals surface area (Å²) in [6.45, 7) is 1.44. The van der Waals surface area contributed by atoms with E-state index in [9.17, 15) is 9.59 Å². The molecule has 0 aromatic heterocycles. The second-order valence-electron chi connectivity index (χ2n) is 5.86. The topological polar surface area (TPSA) is 67.9 Å². The van der Waals surface area contributed by atoms with Gasteiger partial charge in [0, 0.05) is 12.6 Å². The van der Waals surface area contributed by atoms with E-state index in [0.717, 1.165) is 5.56 Å². The van der Waals surface area contributed by atoms with E-state index < -0.39 is 0 Å². The number of carbonyl (C=O) groups is 2. The first-order chi connectivity index (χ1) is 13.4. The van der Waals surface area contributed by atoms with Crippen molar-refractivity contribution < 1.29 is 19.1 Å². The summed E-state index contributed by atoms with van der Waals surface area (Å²) in [6, 6.07) is 12.4. The van der Waals surface area contributed by atoms with Gasteiger partial charge >= 0.3 is 0 Å². The van der Waals surface area contributed by atoms with E-state index in [1.807, 2.05) is 6.07 Å². The van der Waals surface area contributed by atoms with Gasteiger partial charge in [-0.3, -0.25) is 14.5 Å². The Hall–Kier alpha value is -2.84. The first kappa shape index (κ1) is 19.9. The number of anilines is 2. The Balaban J connectivity index is 1.85. The second-order valence-corrected chi connectivity index (χ2v) is 7.54. The van der Waals surface area contributed by atoms with Crippen molar-refractivity contribution in [1.82, 2.24) is 0 Å². The van der Waals surface area contributed by atoms with E-state index >= 15 is 0 Å². The number of ether oxygens (including phenoxy) is 2. The lowest BCUT2D eigenvalue weighted by atomic mass is 10.2. The summed E-state index contributed by atoms with van der Waals surface area (Å²) in [5, 5.41) is 2.69. The first-order valence-electron chi connectivity index (χ1n) is 8.30. The maximum atomic E-state index is 12.9. The van der Waals surface area contributed by atoms with Crippen LogP contribution in [0.3, 0.4) is 0 Å². The van der Waals surface area contributed by atoms with Crippen molar-refractivity contribution >= 4 is 57.6 Å². The van der Waals surface area contributed by atoms with Crippen molar-refractivity contribution in [3.8, 4) is 11.5 Å². The molecule has 8 heteroatoms. The summed E-state index contributed by atoms with van der Waals surface area (Å²) in [4.78, 5) is 26.0. The number of hydrogen-bond acceptors (Lipinski definition) is 6. The molecule has 144 valence electrons. The number of carbonyl (C=O) groups excluding carboxylic acids is 2. The maximum Gasteiger partial charge on any atom is 0.270 e. The molecule has 1 aliphatic rings. The molecule has 1 saturated heterocycles. The molecule has 0 aliphatic carbocycles. The lowest BCUT2D eigenvalue weighted by Gasteiger charge is -2.15. The Morgan fingerprint density at radius 1 is 1.11 bits per heavy atom. The fraction of sp³-hybridized carbons (Fsp3) is 0.150. The number of amides is 2. The monoisotopic (exact) mass is 414 g/mol. The molecule has 3 rings (SSSR count). The molecule has 2 amide bonds. The zero-order valence-electron chi connectivity index (χ0n) is 15.5. The summed E-state index contributed by atoms with van der Waals surface area (Å²) in [5.74, 6) is 0.847. The molecule has 0 saturated carbocycles. The molecular weight excluding hydrogens is 396 g/mol. The molecule has 0 unspecified atom stereocenters.